The highest BCUT2D eigenvalue weighted by molar-refractivity contribution is 7.89. The van der Waals surface area contributed by atoms with Crippen LogP contribution in [0.3, 0.4) is 0 Å². The molecule has 27 heavy (non-hydrogen) atoms. The minimum absolute atomic E-state index is 0.0752. The minimum atomic E-state index is -3.71. The van der Waals surface area contributed by atoms with Gasteiger partial charge in [0.1, 0.15) is 16.4 Å². The zero-order chi connectivity index (χ0) is 19.3. The summed E-state index contributed by atoms with van der Waals surface area (Å²) in [5.41, 5.74) is 0.289. The zero-order valence-electron chi connectivity index (χ0n) is 15.9. The van der Waals surface area contributed by atoms with Crippen molar-refractivity contribution in [2.45, 2.75) is 70.0 Å². The van der Waals surface area contributed by atoms with Crippen molar-refractivity contribution in [3.63, 3.8) is 0 Å². The van der Waals surface area contributed by atoms with Crippen molar-refractivity contribution >= 4 is 10.0 Å². The lowest BCUT2D eigenvalue weighted by atomic mass is 10.1. The van der Waals surface area contributed by atoms with Gasteiger partial charge in [-0.1, -0.05) is 5.16 Å². The standard InChI is InChI=1S/C17H25N5O4S/c1-11-16(12(2)26-19-11)27(24,25)20(3)14-6-7-15-18-22(10-13-4-5-13)17(23)21(15)9-8-14/h13-14H,4-10H2,1-3H3. The van der Waals surface area contributed by atoms with E-state index in [9.17, 15) is 13.2 Å². The van der Waals surface area contributed by atoms with E-state index in [1.165, 1.54) is 17.1 Å². The first-order valence-electron chi connectivity index (χ1n) is 9.36. The van der Waals surface area contributed by atoms with Gasteiger partial charge in [-0.05, 0) is 45.4 Å². The van der Waals surface area contributed by atoms with E-state index in [-0.39, 0.29) is 16.6 Å². The summed E-state index contributed by atoms with van der Waals surface area (Å²) >= 11 is 0. The Hall–Kier alpha value is -1.94. The first-order chi connectivity index (χ1) is 12.8. The van der Waals surface area contributed by atoms with Crippen molar-refractivity contribution in [1.82, 2.24) is 23.8 Å². The molecule has 10 heteroatoms. The van der Waals surface area contributed by atoms with Crippen LogP contribution in [0.2, 0.25) is 0 Å². The predicted molar refractivity (Wildman–Crippen MR) is 96.9 cm³/mol. The summed E-state index contributed by atoms with van der Waals surface area (Å²) in [4.78, 5) is 12.7. The first kappa shape index (κ1) is 18.4. The van der Waals surface area contributed by atoms with Gasteiger partial charge in [0, 0.05) is 32.6 Å². The fraction of sp³-hybridized carbons (Fsp3) is 0.706. The van der Waals surface area contributed by atoms with Gasteiger partial charge in [0.2, 0.25) is 10.0 Å². The number of aromatic nitrogens is 4. The summed E-state index contributed by atoms with van der Waals surface area (Å²) in [6.07, 6.45) is 4.11. The largest absolute Gasteiger partial charge is 0.360 e. The molecule has 0 aromatic carbocycles. The summed E-state index contributed by atoms with van der Waals surface area (Å²) in [5, 5.41) is 8.26. The number of sulfonamides is 1. The fourth-order valence-electron chi connectivity index (χ4n) is 3.82. The molecule has 0 bridgehead atoms. The van der Waals surface area contributed by atoms with Gasteiger partial charge in [-0.3, -0.25) is 4.57 Å². The lowest BCUT2D eigenvalue weighted by molar-refractivity contribution is 0.327. The van der Waals surface area contributed by atoms with Crippen LogP contribution >= 0.6 is 0 Å². The smallest absolute Gasteiger partial charge is 0.345 e. The zero-order valence-corrected chi connectivity index (χ0v) is 16.7. The van der Waals surface area contributed by atoms with Crippen LogP contribution in [0.5, 0.6) is 0 Å². The molecular weight excluding hydrogens is 370 g/mol. The fourth-order valence-corrected chi connectivity index (χ4v) is 5.53. The van der Waals surface area contributed by atoms with Crippen molar-refractivity contribution in [2.75, 3.05) is 7.05 Å². The van der Waals surface area contributed by atoms with Crippen LogP contribution in [-0.2, 0) is 29.5 Å². The van der Waals surface area contributed by atoms with E-state index < -0.39 is 10.0 Å². The molecule has 1 aliphatic carbocycles. The predicted octanol–water partition coefficient (Wildman–Crippen LogP) is 1.09. The third kappa shape index (κ3) is 3.25. The summed E-state index contributed by atoms with van der Waals surface area (Å²) in [6.45, 7) is 4.40. The third-order valence-corrected chi connectivity index (χ3v) is 7.79. The molecule has 0 N–H and O–H groups in total. The SMILES string of the molecule is Cc1noc(C)c1S(=O)(=O)N(C)C1CCc2nn(CC3CC3)c(=O)n2CC1. The summed E-state index contributed by atoms with van der Waals surface area (Å²) in [5.74, 6) is 1.64. The van der Waals surface area contributed by atoms with E-state index in [4.69, 9.17) is 4.52 Å². The number of hydrogen-bond acceptors (Lipinski definition) is 6. The Kier molecular flexibility index (Phi) is 4.50. The van der Waals surface area contributed by atoms with Crippen molar-refractivity contribution in [2.24, 2.45) is 5.92 Å². The molecule has 4 rings (SSSR count). The van der Waals surface area contributed by atoms with Gasteiger partial charge in [0.05, 0.1) is 0 Å². The average Bonchev–Trinajstić information content (AvgIpc) is 3.34. The first-order valence-corrected chi connectivity index (χ1v) is 10.8. The van der Waals surface area contributed by atoms with Crippen LogP contribution in [0.25, 0.3) is 0 Å². The number of hydrogen-bond donors (Lipinski definition) is 0. The lowest BCUT2D eigenvalue weighted by Crippen LogP contribution is -2.38. The maximum Gasteiger partial charge on any atom is 0.345 e. The van der Waals surface area contributed by atoms with E-state index >= 15 is 0 Å². The van der Waals surface area contributed by atoms with E-state index in [1.54, 1.807) is 30.1 Å². The number of aryl methyl sites for hydroxylation is 3. The van der Waals surface area contributed by atoms with Gasteiger partial charge >= 0.3 is 5.69 Å². The number of fused-ring (bicyclic) bond motifs is 1. The highest BCUT2D eigenvalue weighted by Gasteiger charge is 2.34. The summed E-state index contributed by atoms with van der Waals surface area (Å²) < 4.78 is 35.8. The summed E-state index contributed by atoms with van der Waals surface area (Å²) in [6, 6.07) is -0.207. The van der Waals surface area contributed by atoms with Crippen molar-refractivity contribution in [3.05, 3.63) is 27.8 Å². The van der Waals surface area contributed by atoms with Gasteiger partial charge in [0.25, 0.3) is 0 Å². The van der Waals surface area contributed by atoms with Crippen molar-refractivity contribution in [3.8, 4) is 0 Å². The molecule has 2 aromatic heterocycles. The van der Waals surface area contributed by atoms with E-state index in [2.05, 4.69) is 10.3 Å². The summed E-state index contributed by atoms with van der Waals surface area (Å²) in [7, 11) is -2.12. The van der Waals surface area contributed by atoms with Gasteiger partial charge in [-0.15, -0.1) is 0 Å². The van der Waals surface area contributed by atoms with Crippen LogP contribution < -0.4 is 5.69 Å². The topological polar surface area (TPSA) is 103 Å². The molecule has 1 aliphatic heterocycles. The molecule has 1 unspecified atom stereocenters. The van der Waals surface area contributed by atoms with Crippen molar-refractivity contribution in [1.29, 1.82) is 0 Å². The second-order valence-electron chi connectivity index (χ2n) is 7.63. The Bertz CT molecular complexity index is 995. The Morgan fingerprint density at radius 3 is 2.59 bits per heavy atom. The number of nitrogens with zero attached hydrogens (tertiary/aromatic N) is 5. The molecule has 1 fully saturated rings. The molecular formula is C17H25N5O4S. The lowest BCUT2D eigenvalue weighted by Gasteiger charge is -2.26. The van der Waals surface area contributed by atoms with Crippen molar-refractivity contribution < 1.29 is 12.9 Å². The second kappa shape index (κ2) is 6.59. The molecule has 1 saturated carbocycles. The van der Waals surface area contributed by atoms with E-state index in [0.717, 1.165) is 5.82 Å². The maximum atomic E-state index is 13.0. The van der Waals surface area contributed by atoms with Gasteiger partial charge < -0.3 is 4.52 Å². The normalized spacial score (nSPS) is 20.7. The van der Waals surface area contributed by atoms with Crippen LogP contribution in [-0.4, -0.2) is 45.3 Å². The Morgan fingerprint density at radius 2 is 1.96 bits per heavy atom. The Morgan fingerprint density at radius 1 is 1.22 bits per heavy atom. The van der Waals surface area contributed by atoms with Crippen LogP contribution in [0.4, 0.5) is 0 Å². The molecule has 1 atom stereocenters. The number of rotatable bonds is 5. The van der Waals surface area contributed by atoms with Crippen LogP contribution in [0, 0.1) is 19.8 Å². The highest BCUT2D eigenvalue weighted by atomic mass is 32.2. The van der Waals surface area contributed by atoms with Crippen LogP contribution in [0.1, 0.15) is 43.0 Å². The molecule has 2 aromatic rings. The molecule has 3 heterocycles. The Labute approximate surface area is 158 Å². The van der Waals surface area contributed by atoms with Gasteiger partial charge in [-0.25, -0.2) is 17.9 Å². The average molecular weight is 395 g/mol. The van der Waals surface area contributed by atoms with Crippen LogP contribution in [0.15, 0.2) is 14.2 Å². The molecule has 0 spiro atoms. The molecule has 9 nitrogen and oxygen atoms in total. The molecule has 148 valence electrons. The molecule has 0 saturated heterocycles. The van der Waals surface area contributed by atoms with Gasteiger partial charge in [0.15, 0.2) is 5.76 Å². The molecule has 0 radical (unpaired) electrons. The Balaban J connectivity index is 1.54. The highest BCUT2D eigenvalue weighted by Crippen LogP contribution is 2.30. The minimum Gasteiger partial charge on any atom is -0.360 e. The monoisotopic (exact) mass is 395 g/mol. The molecule has 2 aliphatic rings. The second-order valence-corrected chi connectivity index (χ2v) is 9.57. The van der Waals surface area contributed by atoms with E-state index in [0.29, 0.717) is 49.7 Å². The third-order valence-electron chi connectivity index (χ3n) is 5.63. The van der Waals surface area contributed by atoms with E-state index in [1.807, 2.05) is 0 Å². The molecule has 0 amide bonds. The maximum absolute atomic E-state index is 13.0. The quantitative estimate of drug-likeness (QED) is 0.751. The van der Waals surface area contributed by atoms with Gasteiger partial charge in [-0.2, -0.15) is 9.40 Å².